The Labute approximate surface area is 176 Å². The molecule has 1 saturated heterocycles. The van der Waals surface area contributed by atoms with E-state index in [0.29, 0.717) is 11.7 Å². The van der Waals surface area contributed by atoms with Crippen LogP contribution < -0.4 is 15.0 Å². The van der Waals surface area contributed by atoms with E-state index in [1.807, 2.05) is 24.3 Å². The first-order valence-corrected chi connectivity index (χ1v) is 10.2. The second kappa shape index (κ2) is 8.98. The molecule has 4 rings (SSSR count). The third-order valence-electron chi connectivity index (χ3n) is 5.42. The van der Waals surface area contributed by atoms with Crippen LogP contribution >= 0.6 is 0 Å². The summed E-state index contributed by atoms with van der Waals surface area (Å²) < 4.78 is 10.5. The van der Waals surface area contributed by atoms with Gasteiger partial charge in [0.25, 0.3) is 0 Å². The molecule has 156 valence electrons. The number of carbonyl (C=O) groups excluding carboxylic acids is 1. The van der Waals surface area contributed by atoms with Crippen LogP contribution in [0.25, 0.3) is 11.4 Å². The number of rotatable bonds is 6. The minimum Gasteiger partial charge on any atom is -0.497 e. The summed E-state index contributed by atoms with van der Waals surface area (Å²) in [5, 5.41) is 6.96. The molecule has 0 spiro atoms. The molecule has 2 heterocycles. The number of aromatic nitrogens is 2. The molecular formula is C23H26N4O3. The molecule has 0 aliphatic carbocycles. The molecule has 1 N–H and O–H groups in total. The molecule has 30 heavy (non-hydrogen) atoms. The zero-order valence-electron chi connectivity index (χ0n) is 17.3. The Bertz CT molecular complexity index is 982. The van der Waals surface area contributed by atoms with Crippen LogP contribution in [-0.4, -0.2) is 36.2 Å². The SMILES string of the molecule is COc1ccc(-c2noc(CNC(=O)[C@H]3CCCN(c4ccc(C)cc4)C3)n2)cc1. The van der Waals surface area contributed by atoms with Gasteiger partial charge in [-0.2, -0.15) is 4.98 Å². The molecule has 0 bridgehead atoms. The van der Waals surface area contributed by atoms with Gasteiger partial charge in [0.15, 0.2) is 0 Å². The van der Waals surface area contributed by atoms with E-state index in [1.165, 1.54) is 11.3 Å². The van der Waals surface area contributed by atoms with Crippen LogP contribution in [0.5, 0.6) is 5.75 Å². The minimum atomic E-state index is -0.0518. The van der Waals surface area contributed by atoms with Crippen LogP contribution in [0.4, 0.5) is 5.69 Å². The van der Waals surface area contributed by atoms with Crippen LogP contribution in [0.2, 0.25) is 0 Å². The minimum absolute atomic E-state index is 0.0241. The molecule has 2 aromatic carbocycles. The Morgan fingerprint density at radius 1 is 1.20 bits per heavy atom. The lowest BCUT2D eigenvalue weighted by Gasteiger charge is -2.33. The van der Waals surface area contributed by atoms with Crippen molar-refractivity contribution >= 4 is 11.6 Å². The van der Waals surface area contributed by atoms with E-state index in [1.54, 1.807) is 7.11 Å². The highest BCUT2D eigenvalue weighted by Crippen LogP contribution is 2.24. The number of carbonyl (C=O) groups is 1. The van der Waals surface area contributed by atoms with Crippen molar-refractivity contribution in [1.29, 1.82) is 0 Å². The monoisotopic (exact) mass is 406 g/mol. The van der Waals surface area contributed by atoms with Crippen LogP contribution in [0.1, 0.15) is 24.3 Å². The van der Waals surface area contributed by atoms with Crippen molar-refractivity contribution in [2.45, 2.75) is 26.3 Å². The smallest absolute Gasteiger partial charge is 0.246 e. The number of nitrogens with one attached hydrogen (secondary N) is 1. The first-order chi connectivity index (χ1) is 14.6. The van der Waals surface area contributed by atoms with E-state index >= 15 is 0 Å². The summed E-state index contributed by atoms with van der Waals surface area (Å²) in [7, 11) is 1.62. The number of amides is 1. The van der Waals surface area contributed by atoms with E-state index in [4.69, 9.17) is 9.26 Å². The largest absolute Gasteiger partial charge is 0.497 e. The van der Waals surface area contributed by atoms with Crippen molar-refractivity contribution in [1.82, 2.24) is 15.5 Å². The van der Waals surface area contributed by atoms with Gasteiger partial charge in [0.1, 0.15) is 5.75 Å². The van der Waals surface area contributed by atoms with Crippen molar-refractivity contribution in [3.63, 3.8) is 0 Å². The molecule has 7 heteroatoms. The van der Waals surface area contributed by atoms with E-state index in [2.05, 4.69) is 51.5 Å². The van der Waals surface area contributed by atoms with Crippen molar-refractivity contribution in [2.75, 3.05) is 25.1 Å². The molecule has 0 radical (unpaired) electrons. The van der Waals surface area contributed by atoms with Gasteiger partial charge in [0, 0.05) is 24.3 Å². The number of ether oxygens (including phenoxy) is 1. The molecule has 0 unspecified atom stereocenters. The molecule has 1 atom stereocenters. The quantitative estimate of drug-likeness (QED) is 0.674. The summed E-state index contributed by atoms with van der Waals surface area (Å²) in [5.41, 5.74) is 3.23. The maximum Gasteiger partial charge on any atom is 0.246 e. The zero-order chi connectivity index (χ0) is 20.9. The Morgan fingerprint density at radius 3 is 2.70 bits per heavy atom. The summed E-state index contributed by atoms with van der Waals surface area (Å²) in [6.45, 7) is 3.99. The van der Waals surface area contributed by atoms with Gasteiger partial charge in [-0.15, -0.1) is 0 Å². The predicted molar refractivity (Wildman–Crippen MR) is 114 cm³/mol. The van der Waals surface area contributed by atoms with Gasteiger partial charge in [0.2, 0.25) is 17.6 Å². The second-order valence-electron chi connectivity index (χ2n) is 7.58. The van der Waals surface area contributed by atoms with Gasteiger partial charge in [-0.25, -0.2) is 0 Å². The lowest BCUT2D eigenvalue weighted by Crippen LogP contribution is -2.43. The first kappa shape index (κ1) is 19.9. The maximum atomic E-state index is 12.7. The highest BCUT2D eigenvalue weighted by molar-refractivity contribution is 5.79. The van der Waals surface area contributed by atoms with E-state index in [0.717, 1.165) is 37.2 Å². The summed E-state index contributed by atoms with van der Waals surface area (Å²) in [5.74, 6) is 1.62. The Morgan fingerprint density at radius 2 is 1.97 bits per heavy atom. The maximum absolute atomic E-state index is 12.7. The highest BCUT2D eigenvalue weighted by Gasteiger charge is 2.26. The Balaban J connectivity index is 1.33. The number of nitrogens with zero attached hydrogens (tertiary/aromatic N) is 3. The van der Waals surface area contributed by atoms with Crippen molar-refractivity contribution in [3.8, 4) is 17.1 Å². The molecule has 1 amide bonds. The molecule has 1 aliphatic heterocycles. The van der Waals surface area contributed by atoms with Crippen LogP contribution in [0.3, 0.4) is 0 Å². The summed E-state index contributed by atoms with van der Waals surface area (Å²) in [6, 6.07) is 15.9. The third-order valence-corrected chi connectivity index (χ3v) is 5.42. The summed E-state index contributed by atoms with van der Waals surface area (Å²) in [4.78, 5) is 19.4. The average molecular weight is 406 g/mol. The van der Waals surface area contributed by atoms with Crippen LogP contribution in [0, 0.1) is 12.8 Å². The summed E-state index contributed by atoms with van der Waals surface area (Å²) >= 11 is 0. The number of hydrogen-bond donors (Lipinski definition) is 1. The van der Waals surface area contributed by atoms with Gasteiger partial charge >= 0.3 is 0 Å². The fourth-order valence-corrected chi connectivity index (χ4v) is 3.67. The van der Waals surface area contributed by atoms with Gasteiger partial charge in [-0.3, -0.25) is 4.79 Å². The molecule has 1 fully saturated rings. The summed E-state index contributed by atoms with van der Waals surface area (Å²) in [6.07, 6.45) is 1.88. The van der Waals surface area contributed by atoms with Gasteiger partial charge in [-0.1, -0.05) is 22.9 Å². The lowest BCUT2D eigenvalue weighted by atomic mass is 9.96. The number of piperidine rings is 1. The second-order valence-corrected chi connectivity index (χ2v) is 7.58. The topological polar surface area (TPSA) is 80.5 Å². The molecular weight excluding hydrogens is 380 g/mol. The number of hydrogen-bond acceptors (Lipinski definition) is 6. The van der Waals surface area contributed by atoms with Crippen LogP contribution in [0.15, 0.2) is 53.1 Å². The molecule has 1 aliphatic rings. The molecule has 0 saturated carbocycles. The van der Waals surface area contributed by atoms with Gasteiger partial charge in [-0.05, 0) is 56.2 Å². The van der Waals surface area contributed by atoms with Crippen molar-refractivity contribution in [2.24, 2.45) is 5.92 Å². The molecule has 3 aromatic rings. The lowest BCUT2D eigenvalue weighted by molar-refractivity contribution is -0.125. The zero-order valence-corrected chi connectivity index (χ0v) is 17.3. The normalized spacial score (nSPS) is 16.3. The number of benzene rings is 2. The van der Waals surface area contributed by atoms with Crippen LogP contribution in [-0.2, 0) is 11.3 Å². The molecule has 1 aromatic heterocycles. The van der Waals surface area contributed by atoms with Crippen molar-refractivity contribution in [3.05, 3.63) is 60.0 Å². The molecule has 7 nitrogen and oxygen atoms in total. The number of anilines is 1. The van der Waals surface area contributed by atoms with E-state index in [9.17, 15) is 4.79 Å². The number of methoxy groups -OCH3 is 1. The first-order valence-electron chi connectivity index (χ1n) is 10.2. The standard InChI is InChI=1S/C23H26N4O3/c1-16-5-9-19(10-6-16)27-13-3-4-18(15-27)23(28)24-14-21-25-22(26-30-21)17-7-11-20(29-2)12-8-17/h5-12,18H,3-4,13-15H2,1-2H3,(H,24,28)/t18-/m0/s1. The fraction of sp³-hybridized carbons (Fsp3) is 0.348. The fourth-order valence-electron chi connectivity index (χ4n) is 3.67. The third kappa shape index (κ3) is 4.62. The van der Waals surface area contributed by atoms with Crippen molar-refractivity contribution < 1.29 is 14.1 Å². The van der Waals surface area contributed by atoms with E-state index < -0.39 is 0 Å². The highest BCUT2D eigenvalue weighted by atomic mass is 16.5. The van der Waals surface area contributed by atoms with Gasteiger partial charge < -0.3 is 19.5 Å². The predicted octanol–water partition coefficient (Wildman–Crippen LogP) is 3.59. The van der Waals surface area contributed by atoms with Gasteiger partial charge in [0.05, 0.1) is 19.6 Å². The van der Waals surface area contributed by atoms with E-state index in [-0.39, 0.29) is 18.4 Å². The number of aryl methyl sites for hydroxylation is 1. The Kier molecular flexibility index (Phi) is 5.97. The average Bonchev–Trinajstić information content (AvgIpc) is 3.27. The Hall–Kier alpha value is -3.35.